The summed E-state index contributed by atoms with van der Waals surface area (Å²) in [6.45, 7) is 6.91. The van der Waals surface area contributed by atoms with Crippen molar-refractivity contribution >= 4 is 5.97 Å². The van der Waals surface area contributed by atoms with Crippen molar-refractivity contribution in [1.29, 1.82) is 0 Å². The van der Waals surface area contributed by atoms with Gasteiger partial charge in [-0.1, -0.05) is 43.3 Å². The van der Waals surface area contributed by atoms with Gasteiger partial charge in [-0.15, -0.1) is 0 Å². The number of nitrogens with two attached hydrogens (primary N) is 1. The van der Waals surface area contributed by atoms with Crippen molar-refractivity contribution in [1.82, 2.24) is 5.32 Å². The van der Waals surface area contributed by atoms with Gasteiger partial charge in [0.15, 0.2) is 0 Å². The highest BCUT2D eigenvalue weighted by molar-refractivity contribution is 5.93. The number of aryl methyl sites for hydroxylation is 2. The molecule has 4 rings (SSSR count). The number of hydrogen-bond donors (Lipinski definition) is 2. The molecule has 0 radical (unpaired) electrons. The van der Waals surface area contributed by atoms with Crippen molar-refractivity contribution in [3.63, 3.8) is 0 Å². The number of rotatable bonds is 10. The molecule has 7 heteroatoms. The van der Waals surface area contributed by atoms with Crippen LogP contribution in [0.3, 0.4) is 0 Å². The maximum Gasteiger partial charge on any atom is 0.342 e. The van der Waals surface area contributed by atoms with Crippen LogP contribution in [0.5, 0.6) is 5.75 Å². The van der Waals surface area contributed by atoms with E-state index in [1.165, 1.54) is 17.7 Å². The molecule has 1 aliphatic rings. The average molecular weight is 523 g/mol. The maximum absolute atomic E-state index is 13.8. The van der Waals surface area contributed by atoms with Gasteiger partial charge < -0.3 is 20.5 Å². The van der Waals surface area contributed by atoms with Crippen LogP contribution in [0, 0.1) is 11.6 Å². The molecular weight excluding hydrogens is 486 g/mol. The fourth-order valence-electron chi connectivity index (χ4n) is 4.76. The van der Waals surface area contributed by atoms with Crippen molar-refractivity contribution in [3.05, 3.63) is 100 Å². The van der Waals surface area contributed by atoms with Gasteiger partial charge in [0.2, 0.25) is 0 Å². The first kappa shape index (κ1) is 27.7. The maximum atomic E-state index is 13.8. The van der Waals surface area contributed by atoms with Crippen LogP contribution in [-0.4, -0.2) is 30.3 Å². The molecule has 3 aromatic carbocycles. The lowest BCUT2D eigenvalue weighted by molar-refractivity contribution is 0.0220. The minimum Gasteiger partial charge on any atom is -0.487 e. The first-order valence-electron chi connectivity index (χ1n) is 13.1. The zero-order valence-corrected chi connectivity index (χ0v) is 22.2. The molecule has 3 N–H and O–H groups in total. The Labute approximate surface area is 223 Å². The topological polar surface area (TPSA) is 73.6 Å². The Morgan fingerprint density at radius 1 is 1.05 bits per heavy atom. The summed E-state index contributed by atoms with van der Waals surface area (Å²) in [7, 11) is 0. The van der Waals surface area contributed by atoms with Gasteiger partial charge in [0, 0.05) is 25.2 Å². The zero-order chi connectivity index (χ0) is 27.3. The van der Waals surface area contributed by atoms with Gasteiger partial charge >= 0.3 is 5.97 Å². The molecule has 0 saturated heterocycles. The van der Waals surface area contributed by atoms with Crippen LogP contribution in [0.25, 0.3) is 0 Å². The molecule has 2 unspecified atom stereocenters. The van der Waals surface area contributed by atoms with Gasteiger partial charge in [-0.05, 0) is 80.0 Å². The average Bonchev–Trinajstić information content (AvgIpc) is 2.86. The quantitative estimate of drug-likeness (QED) is 0.343. The first-order chi connectivity index (χ1) is 18.1. The highest BCUT2D eigenvalue weighted by Gasteiger charge is 2.32. The predicted octanol–water partition coefficient (Wildman–Crippen LogP) is 5.52. The molecule has 38 heavy (non-hydrogen) atoms. The molecule has 1 aliphatic heterocycles. The van der Waals surface area contributed by atoms with Crippen LogP contribution >= 0.6 is 0 Å². The number of benzene rings is 3. The second kappa shape index (κ2) is 12.0. The van der Waals surface area contributed by atoms with E-state index in [4.69, 9.17) is 15.2 Å². The number of ether oxygens (including phenoxy) is 2. The van der Waals surface area contributed by atoms with Crippen LogP contribution in [0.1, 0.15) is 59.8 Å². The van der Waals surface area contributed by atoms with Crippen LogP contribution < -0.4 is 15.8 Å². The van der Waals surface area contributed by atoms with Crippen molar-refractivity contribution in [3.8, 4) is 5.75 Å². The summed E-state index contributed by atoms with van der Waals surface area (Å²) >= 11 is 0. The monoisotopic (exact) mass is 522 g/mol. The van der Waals surface area contributed by atoms with Crippen molar-refractivity contribution in [2.45, 2.75) is 70.7 Å². The third kappa shape index (κ3) is 7.17. The molecule has 1 heterocycles. The number of halogens is 2. The van der Waals surface area contributed by atoms with E-state index in [1.807, 2.05) is 38.1 Å². The Kier molecular flexibility index (Phi) is 8.80. The lowest BCUT2D eigenvalue weighted by Gasteiger charge is -2.33. The fraction of sp³-hybridized carbons (Fsp3) is 0.387. The van der Waals surface area contributed by atoms with E-state index >= 15 is 0 Å². The molecule has 0 spiro atoms. The standard InChI is InChI=1S/C31H36F2N2O3/c1-4-20-7-5-8-21(13-20)18-35-19-28(27(34)16-22-14-24(32)17-25(33)15-22)37-30(36)26-10-6-9-23-11-12-31(2,3)38-29(23)26/h5-10,13-15,17,27-28,35H,4,11-12,16,18-19,34H2,1-3H3. The lowest BCUT2D eigenvalue weighted by atomic mass is 9.92. The number of fused-ring (bicyclic) bond motifs is 1. The summed E-state index contributed by atoms with van der Waals surface area (Å²) in [5.41, 5.74) is 10.1. The van der Waals surface area contributed by atoms with E-state index in [-0.39, 0.29) is 13.0 Å². The molecule has 0 aliphatic carbocycles. The Hall–Kier alpha value is -3.29. The van der Waals surface area contributed by atoms with E-state index in [0.717, 1.165) is 36.5 Å². The van der Waals surface area contributed by atoms with E-state index in [0.29, 0.717) is 23.4 Å². The number of carbonyl (C=O) groups is 1. The summed E-state index contributed by atoms with van der Waals surface area (Å²) in [6.07, 6.45) is 1.96. The summed E-state index contributed by atoms with van der Waals surface area (Å²) < 4.78 is 39.7. The molecule has 5 nitrogen and oxygen atoms in total. The highest BCUT2D eigenvalue weighted by Crippen LogP contribution is 2.36. The van der Waals surface area contributed by atoms with Crippen molar-refractivity contribution in [2.24, 2.45) is 5.73 Å². The Bertz CT molecular complexity index is 1260. The van der Waals surface area contributed by atoms with Gasteiger partial charge in [-0.3, -0.25) is 0 Å². The first-order valence-corrected chi connectivity index (χ1v) is 13.1. The van der Waals surface area contributed by atoms with Crippen molar-refractivity contribution < 1.29 is 23.0 Å². The third-order valence-corrected chi connectivity index (χ3v) is 6.90. The SMILES string of the molecule is CCc1cccc(CNCC(OC(=O)c2cccc3c2OC(C)(C)CC3)C(N)Cc2cc(F)cc(F)c2)c1. The van der Waals surface area contributed by atoms with Gasteiger partial charge in [0.05, 0.1) is 0 Å². The van der Waals surface area contributed by atoms with Crippen LogP contribution in [0.4, 0.5) is 8.78 Å². The zero-order valence-electron chi connectivity index (χ0n) is 22.2. The number of hydrogen-bond acceptors (Lipinski definition) is 5. The highest BCUT2D eigenvalue weighted by atomic mass is 19.1. The molecule has 0 bridgehead atoms. The normalized spacial score (nSPS) is 15.7. The Morgan fingerprint density at radius 2 is 1.76 bits per heavy atom. The second-order valence-corrected chi connectivity index (χ2v) is 10.5. The number of carbonyl (C=O) groups excluding carboxylic acids is 1. The lowest BCUT2D eigenvalue weighted by Crippen LogP contribution is -2.46. The summed E-state index contributed by atoms with van der Waals surface area (Å²) in [4.78, 5) is 13.4. The van der Waals surface area contributed by atoms with Crippen LogP contribution in [-0.2, 0) is 30.5 Å². The van der Waals surface area contributed by atoms with Gasteiger partial charge in [0.1, 0.15) is 34.7 Å². The minimum atomic E-state index is -0.754. The molecule has 2 atom stereocenters. The van der Waals surface area contributed by atoms with Crippen LogP contribution in [0.15, 0.2) is 60.7 Å². The molecule has 0 aromatic heterocycles. The number of para-hydroxylation sites is 1. The Morgan fingerprint density at radius 3 is 2.50 bits per heavy atom. The van der Waals surface area contributed by atoms with E-state index in [9.17, 15) is 13.6 Å². The second-order valence-electron chi connectivity index (χ2n) is 10.5. The predicted molar refractivity (Wildman–Crippen MR) is 144 cm³/mol. The summed E-state index contributed by atoms with van der Waals surface area (Å²) in [5, 5.41) is 3.34. The Balaban J connectivity index is 1.52. The van der Waals surface area contributed by atoms with E-state index in [1.54, 1.807) is 6.07 Å². The van der Waals surface area contributed by atoms with Gasteiger partial charge in [-0.2, -0.15) is 0 Å². The molecule has 0 amide bonds. The molecular formula is C31H36F2N2O3. The number of esters is 1. The van der Waals surface area contributed by atoms with Gasteiger partial charge in [0.25, 0.3) is 0 Å². The third-order valence-electron chi connectivity index (χ3n) is 6.90. The summed E-state index contributed by atoms with van der Waals surface area (Å²) in [6, 6.07) is 16.3. The largest absolute Gasteiger partial charge is 0.487 e. The van der Waals surface area contributed by atoms with E-state index < -0.39 is 35.4 Å². The van der Waals surface area contributed by atoms with E-state index in [2.05, 4.69) is 24.4 Å². The molecule has 3 aromatic rings. The fourth-order valence-corrected chi connectivity index (χ4v) is 4.76. The summed E-state index contributed by atoms with van der Waals surface area (Å²) in [5.74, 6) is -1.35. The molecule has 0 saturated carbocycles. The number of nitrogens with one attached hydrogen (secondary N) is 1. The smallest absolute Gasteiger partial charge is 0.342 e. The molecule has 0 fully saturated rings. The molecule has 202 valence electrons. The van der Waals surface area contributed by atoms with Gasteiger partial charge in [-0.25, -0.2) is 13.6 Å². The van der Waals surface area contributed by atoms with Crippen molar-refractivity contribution in [2.75, 3.05) is 6.54 Å². The van der Waals surface area contributed by atoms with Crippen LogP contribution in [0.2, 0.25) is 0 Å². The minimum absolute atomic E-state index is 0.135.